The van der Waals surface area contributed by atoms with Gasteiger partial charge in [0.25, 0.3) is 5.56 Å². The largest absolute Gasteiger partial charge is 0.493 e. The monoisotopic (exact) mass is 364 g/mol. The van der Waals surface area contributed by atoms with Crippen LogP contribution in [0.25, 0.3) is 0 Å². The average Bonchev–Trinajstić information content (AvgIpc) is 2.59. The van der Waals surface area contributed by atoms with E-state index in [-0.39, 0.29) is 17.3 Å². The number of ketones is 1. The number of benzene rings is 1. The molecule has 1 aliphatic rings. The Hall–Kier alpha value is -2.58. The van der Waals surface area contributed by atoms with Crippen LogP contribution in [0.5, 0.6) is 11.5 Å². The lowest BCUT2D eigenvalue weighted by atomic mass is 9.94. The number of aromatic amines is 1. The summed E-state index contributed by atoms with van der Waals surface area (Å²) in [5, 5.41) is 1.52. The standard InChI is InChI=1S/C16H17ClN4O4/c1-8-6-12(22)19-16(18-8)20-21-13(14(23)15(21)17)9-4-5-10(24-2)11(7-9)25-3/h4-7,13,15H,1-3H3,(H2,18,19,20,22)/t13-,15-/m1/s1. The van der Waals surface area contributed by atoms with Crippen LogP contribution in [-0.4, -0.2) is 40.5 Å². The molecule has 132 valence electrons. The Morgan fingerprint density at radius 1 is 1.20 bits per heavy atom. The fourth-order valence-corrected chi connectivity index (χ4v) is 2.96. The quantitative estimate of drug-likeness (QED) is 0.614. The molecule has 1 aromatic heterocycles. The summed E-state index contributed by atoms with van der Waals surface area (Å²) in [5.74, 6) is 1.11. The van der Waals surface area contributed by atoms with Crippen molar-refractivity contribution in [1.82, 2.24) is 15.0 Å². The van der Waals surface area contributed by atoms with Gasteiger partial charge in [-0.3, -0.25) is 20.0 Å². The summed E-state index contributed by atoms with van der Waals surface area (Å²) >= 11 is 6.11. The number of rotatable bonds is 5. The van der Waals surface area contributed by atoms with E-state index < -0.39 is 11.5 Å². The minimum absolute atomic E-state index is 0.170. The lowest BCUT2D eigenvalue weighted by Crippen LogP contribution is -2.59. The maximum Gasteiger partial charge on any atom is 0.252 e. The number of H-pyrrole nitrogens is 1. The second-order valence-electron chi connectivity index (χ2n) is 5.51. The molecule has 0 bridgehead atoms. The SMILES string of the molecule is COc1ccc([C@@H]2C(=O)[C@H](Cl)N2Nc2nc(C)cc(=O)[nH]2)cc1OC. The lowest BCUT2D eigenvalue weighted by Gasteiger charge is -2.43. The highest BCUT2D eigenvalue weighted by Gasteiger charge is 2.48. The second-order valence-corrected chi connectivity index (χ2v) is 5.92. The zero-order valence-corrected chi connectivity index (χ0v) is 14.6. The number of nitrogens with zero attached hydrogens (tertiary/aromatic N) is 2. The Bertz CT molecular complexity index is 869. The van der Waals surface area contributed by atoms with E-state index in [0.29, 0.717) is 22.8 Å². The lowest BCUT2D eigenvalue weighted by molar-refractivity contribution is -0.137. The van der Waals surface area contributed by atoms with Crippen molar-refractivity contribution >= 4 is 23.3 Å². The van der Waals surface area contributed by atoms with Crippen molar-refractivity contribution in [1.29, 1.82) is 0 Å². The smallest absolute Gasteiger partial charge is 0.252 e. The first-order chi connectivity index (χ1) is 11.9. The van der Waals surface area contributed by atoms with E-state index in [1.54, 1.807) is 25.1 Å². The molecule has 0 saturated carbocycles. The molecule has 25 heavy (non-hydrogen) atoms. The summed E-state index contributed by atoms with van der Waals surface area (Å²) < 4.78 is 10.5. The molecule has 0 amide bonds. The first-order valence-electron chi connectivity index (χ1n) is 7.47. The zero-order valence-electron chi connectivity index (χ0n) is 13.9. The van der Waals surface area contributed by atoms with Crippen LogP contribution in [0.4, 0.5) is 5.95 Å². The number of hydrazine groups is 1. The minimum atomic E-state index is -0.871. The van der Waals surface area contributed by atoms with Gasteiger partial charge >= 0.3 is 0 Å². The van der Waals surface area contributed by atoms with Crippen LogP contribution in [0.2, 0.25) is 0 Å². The molecule has 2 aromatic rings. The third kappa shape index (κ3) is 3.18. The third-order valence-electron chi connectivity index (χ3n) is 3.85. The van der Waals surface area contributed by atoms with E-state index in [2.05, 4.69) is 15.4 Å². The highest BCUT2D eigenvalue weighted by Crippen LogP contribution is 2.40. The number of aromatic nitrogens is 2. The van der Waals surface area contributed by atoms with Gasteiger partial charge < -0.3 is 9.47 Å². The summed E-state index contributed by atoms with van der Waals surface area (Å²) in [6.45, 7) is 1.70. The highest BCUT2D eigenvalue weighted by molar-refractivity contribution is 6.34. The van der Waals surface area contributed by atoms with Crippen molar-refractivity contribution in [2.75, 3.05) is 19.6 Å². The number of alkyl halides is 1. The summed E-state index contributed by atoms with van der Waals surface area (Å²) in [6.07, 6.45) is 0. The van der Waals surface area contributed by atoms with Crippen molar-refractivity contribution in [3.05, 3.63) is 45.9 Å². The fraction of sp³-hybridized carbons (Fsp3) is 0.312. The molecule has 1 aromatic carbocycles. The molecular formula is C16H17ClN4O4. The van der Waals surface area contributed by atoms with Crippen LogP contribution < -0.4 is 20.5 Å². The number of Topliss-reactive ketones (excluding diaryl/α,β-unsaturated/α-hetero) is 1. The predicted molar refractivity (Wildman–Crippen MR) is 92.0 cm³/mol. The molecule has 2 atom stereocenters. The van der Waals surface area contributed by atoms with Gasteiger partial charge in [-0.1, -0.05) is 17.7 Å². The van der Waals surface area contributed by atoms with Crippen molar-refractivity contribution in [3.63, 3.8) is 0 Å². The fourth-order valence-electron chi connectivity index (χ4n) is 2.68. The van der Waals surface area contributed by atoms with E-state index in [9.17, 15) is 9.59 Å². The molecule has 8 nitrogen and oxygen atoms in total. The van der Waals surface area contributed by atoms with Crippen molar-refractivity contribution in [3.8, 4) is 11.5 Å². The van der Waals surface area contributed by atoms with Crippen LogP contribution in [-0.2, 0) is 4.79 Å². The van der Waals surface area contributed by atoms with Gasteiger partial charge in [0.2, 0.25) is 5.95 Å². The van der Waals surface area contributed by atoms with Crippen LogP contribution >= 0.6 is 11.6 Å². The molecular weight excluding hydrogens is 348 g/mol. The van der Waals surface area contributed by atoms with Gasteiger partial charge in [0, 0.05) is 11.8 Å². The topological polar surface area (TPSA) is 96.5 Å². The van der Waals surface area contributed by atoms with E-state index in [4.69, 9.17) is 21.1 Å². The van der Waals surface area contributed by atoms with Crippen molar-refractivity contribution < 1.29 is 14.3 Å². The van der Waals surface area contributed by atoms with Gasteiger partial charge in [-0.2, -0.15) is 5.01 Å². The molecule has 0 spiro atoms. The van der Waals surface area contributed by atoms with Crippen LogP contribution in [0, 0.1) is 6.92 Å². The van der Waals surface area contributed by atoms with Gasteiger partial charge in [0.05, 0.1) is 14.2 Å². The zero-order chi connectivity index (χ0) is 18.1. The first-order valence-corrected chi connectivity index (χ1v) is 7.91. The number of aryl methyl sites for hydroxylation is 1. The molecule has 9 heteroatoms. The number of hydrogen-bond donors (Lipinski definition) is 2. The maximum absolute atomic E-state index is 12.3. The van der Waals surface area contributed by atoms with E-state index in [1.807, 2.05) is 0 Å². The maximum atomic E-state index is 12.3. The molecule has 0 aliphatic carbocycles. The Morgan fingerprint density at radius 3 is 2.56 bits per heavy atom. The molecule has 2 N–H and O–H groups in total. The Kier molecular flexibility index (Phi) is 4.65. The number of carbonyl (C=O) groups excluding carboxylic acids is 1. The Labute approximate surface area is 148 Å². The molecule has 2 heterocycles. The predicted octanol–water partition coefficient (Wildman–Crippen LogP) is 1.61. The number of halogens is 1. The summed E-state index contributed by atoms with van der Waals surface area (Å²) in [6, 6.07) is 5.93. The molecule has 1 fully saturated rings. The number of anilines is 1. The van der Waals surface area contributed by atoms with Crippen LogP contribution in [0.3, 0.4) is 0 Å². The molecule has 0 unspecified atom stereocenters. The van der Waals surface area contributed by atoms with Crippen LogP contribution in [0.1, 0.15) is 17.3 Å². The summed E-state index contributed by atoms with van der Waals surface area (Å²) in [7, 11) is 3.06. The molecule has 3 rings (SSSR count). The minimum Gasteiger partial charge on any atom is -0.493 e. The number of ether oxygens (including phenoxy) is 2. The Morgan fingerprint density at radius 2 is 1.92 bits per heavy atom. The van der Waals surface area contributed by atoms with Gasteiger partial charge in [0.1, 0.15) is 6.04 Å². The average molecular weight is 365 g/mol. The third-order valence-corrected chi connectivity index (χ3v) is 4.28. The number of hydrogen-bond acceptors (Lipinski definition) is 7. The van der Waals surface area contributed by atoms with E-state index in [0.717, 1.165) is 0 Å². The van der Waals surface area contributed by atoms with E-state index in [1.165, 1.54) is 25.3 Å². The molecule has 0 radical (unpaired) electrons. The second kappa shape index (κ2) is 6.73. The van der Waals surface area contributed by atoms with Crippen molar-refractivity contribution in [2.45, 2.75) is 18.5 Å². The number of nitrogens with one attached hydrogen (secondary N) is 2. The number of carbonyl (C=O) groups is 1. The molecule has 1 aliphatic heterocycles. The normalized spacial score (nSPS) is 20.1. The van der Waals surface area contributed by atoms with Gasteiger partial charge in [-0.15, -0.1) is 0 Å². The van der Waals surface area contributed by atoms with Crippen molar-refractivity contribution in [2.24, 2.45) is 0 Å². The highest BCUT2D eigenvalue weighted by atomic mass is 35.5. The first kappa shape index (κ1) is 17.2. The van der Waals surface area contributed by atoms with Crippen LogP contribution in [0.15, 0.2) is 29.1 Å². The Balaban J connectivity index is 1.90. The summed E-state index contributed by atoms with van der Waals surface area (Å²) in [4.78, 5) is 30.6. The van der Waals surface area contributed by atoms with Gasteiger partial charge in [-0.05, 0) is 24.6 Å². The number of methoxy groups -OCH3 is 2. The van der Waals surface area contributed by atoms with Gasteiger partial charge in [0.15, 0.2) is 22.8 Å². The van der Waals surface area contributed by atoms with E-state index >= 15 is 0 Å². The molecule has 1 saturated heterocycles. The summed E-state index contributed by atoms with van der Waals surface area (Å²) in [5.41, 5.74) is 2.96. The van der Waals surface area contributed by atoms with Gasteiger partial charge in [-0.25, -0.2) is 4.98 Å².